The molecule has 0 radical (unpaired) electrons. The van der Waals surface area contributed by atoms with Gasteiger partial charge in [-0.05, 0) is 54.6 Å². The lowest BCUT2D eigenvalue weighted by atomic mass is 10.1. The summed E-state index contributed by atoms with van der Waals surface area (Å²) in [4.78, 5) is 25.5. The van der Waals surface area contributed by atoms with E-state index in [9.17, 15) is 22.6 Å². The molecule has 4 aromatic rings. The van der Waals surface area contributed by atoms with E-state index < -0.39 is 31.2 Å². The molecule has 0 fully saturated rings. The van der Waals surface area contributed by atoms with Gasteiger partial charge in [-0.1, -0.05) is 12.1 Å². The van der Waals surface area contributed by atoms with Crippen molar-refractivity contribution < 1.29 is 22.4 Å². The first-order valence-electron chi connectivity index (χ1n) is 10.4. The van der Waals surface area contributed by atoms with Gasteiger partial charge in [0.2, 0.25) is 0 Å². The van der Waals surface area contributed by atoms with Gasteiger partial charge in [0.15, 0.2) is 0 Å². The Bertz CT molecular complexity index is 1760. The Labute approximate surface area is 204 Å². The fraction of sp³-hybridized carbons (Fsp3) is 0.0833. The van der Waals surface area contributed by atoms with E-state index in [1.165, 1.54) is 26.4 Å². The van der Waals surface area contributed by atoms with Crippen molar-refractivity contribution >= 4 is 32.3 Å². The smallest absolute Gasteiger partial charge is 0.295 e. The van der Waals surface area contributed by atoms with Gasteiger partial charge in [-0.2, -0.15) is 18.6 Å². The van der Waals surface area contributed by atoms with E-state index in [1.54, 1.807) is 48.5 Å². The molecule has 0 saturated heterocycles. The summed E-state index contributed by atoms with van der Waals surface area (Å²) in [6.45, 7) is 0. The Morgan fingerprint density at radius 2 is 1.19 bits per heavy atom. The molecule has 184 valence electrons. The van der Waals surface area contributed by atoms with Crippen molar-refractivity contribution in [3.63, 3.8) is 0 Å². The molecule has 36 heavy (non-hydrogen) atoms. The van der Waals surface area contributed by atoms with Gasteiger partial charge in [0, 0.05) is 10.8 Å². The number of nitrogens with one attached hydrogen (secondary N) is 2. The van der Waals surface area contributed by atoms with E-state index >= 15 is 0 Å². The molecule has 0 aromatic heterocycles. The number of fused-ring (bicyclic) bond motifs is 1. The van der Waals surface area contributed by atoms with E-state index in [-0.39, 0.29) is 16.1 Å². The van der Waals surface area contributed by atoms with Crippen molar-refractivity contribution in [3.8, 4) is 11.5 Å². The molecule has 0 unspecified atom stereocenters. The number of hydrogen-bond donors (Lipinski definition) is 3. The Morgan fingerprint density at radius 3 is 1.67 bits per heavy atom. The van der Waals surface area contributed by atoms with E-state index in [2.05, 4.69) is 21.1 Å². The molecule has 11 nitrogen and oxygen atoms in total. The maximum absolute atomic E-state index is 13.1. The molecule has 0 heterocycles. The van der Waals surface area contributed by atoms with Gasteiger partial charge in [-0.25, -0.2) is 0 Å². The number of nitrogens with zero attached hydrogens (tertiary/aromatic N) is 2. The normalized spacial score (nSPS) is 12.5. The summed E-state index contributed by atoms with van der Waals surface area (Å²) in [5, 5.41) is 7.02. The van der Waals surface area contributed by atoms with Crippen LogP contribution in [0.4, 0.5) is 11.4 Å². The number of rotatable bonds is 7. The topological polar surface area (TPSA) is 156 Å². The molecule has 0 amide bonds. The highest BCUT2D eigenvalue weighted by atomic mass is 32.2. The number of ether oxygens (including phenoxy) is 2. The molecule has 0 bridgehead atoms. The molecule has 3 N–H and O–H groups in total. The number of methoxy groups -OCH3 is 2. The van der Waals surface area contributed by atoms with Crippen LogP contribution in [0.25, 0.3) is 10.8 Å². The molecule has 4 aromatic carbocycles. The fourth-order valence-electron chi connectivity index (χ4n) is 3.43. The molecular formula is C24H20N4O7S. The van der Waals surface area contributed by atoms with Crippen LogP contribution in [0.1, 0.15) is 0 Å². The highest BCUT2D eigenvalue weighted by Crippen LogP contribution is 2.18. The van der Waals surface area contributed by atoms with Crippen LogP contribution < -0.4 is 41.9 Å². The van der Waals surface area contributed by atoms with Crippen molar-refractivity contribution in [2.24, 2.45) is 10.2 Å². The third-order valence-electron chi connectivity index (χ3n) is 5.21. The van der Waals surface area contributed by atoms with Crippen LogP contribution in [0.2, 0.25) is 0 Å². The lowest BCUT2D eigenvalue weighted by Gasteiger charge is -2.06. The van der Waals surface area contributed by atoms with Crippen LogP contribution in [0.15, 0.2) is 91.4 Å². The van der Waals surface area contributed by atoms with Crippen LogP contribution >= 0.6 is 0 Å². The Balaban J connectivity index is 1.95. The molecule has 0 spiro atoms. The minimum atomic E-state index is -4.79. The van der Waals surface area contributed by atoms with E-state index in [0.29, 0.717) is 22.9 Å². The van der Waals surface area contributed by atoms with Crippen molar-refractivity contribution in [1.82, 2.24) is 0 Å². The van der Waals surface area contributed by atoms with Gasteiger partial charge in [-0.15, -0.1) is 0 Å². The predicted octanol–water partition coefficient (Wildman–Crippen LogP) is 1.56. The molecule has 4 rings (SSSR count). The van der Waals surface area contributed by atoms with Crippen LogP contribution in [0.3, 0.4) is 0 Å². The van der Waals surface area contributed by atoms with Crippen LogP contribution in [0.5, 0.6) is 11.5 Å². The molecule has 0 aliphatic heterocycles. The van der Waals surface area contributed by atoms with Crippen LogP contribution in [-0.4, -0.2) is 27.2 Å². The van der Waals surface area contributed by atoms with Gasteiger partial charge in [0.25, 0.3) is 21.0 Å². The highest BCUT2D eigenvalue weighted by Gasteiger charge is 2.20. The van der Waals surface area contributed by atoms with Gasteiger partial charge in [-0.3, -0.25) is 25.0 Å². The minimum Gasteiger partial charge on any atom is -0.497 e. The molecular weight excluding hydrogens is 488 g/mol. The van der Waals surface area contributed by atoms with E-state index in [0.717, 1.165) is 6.07 Å². The summed E-state index contributed by atoms with van der Waals surface area (Å²) in [6, 6.07) is 16.9. The Hall–Kier alpha value is -4.55. The highest BCUT2D eigenvalue weighted by molar-refractivity contribution is 7.86. The predicted molar refractivity (Wildman–Crippen MR) is 133 cm³/mol. The summed E-state index contributed by atoms with van der Waals surface area (Å²) < 4.78 is 44.3. The third-order valence-corrected chi connectivity index (χ3v) is 6.10. The maximum Gasteiger partial charge on any atom is 0.295 e. The number of hydrogen-bond acceptors (Lipinski definition) is 10. The Kier molecular flexibility index (Phi) is 6.81. The molecule has 0 saturated carbocycles. The minimum absolute atomic E-state index is 0.00557. The lowest BCUT2D eigenvalue weighted by Crippen LogP contribution is -2.48. The Morgan fingerprint density at radius 1 is 0.722 bits per heavy atom. The van der Waals surface area contributed by atoms with E-state index in [1.807, 2.05) is 0 Å². The second-order valence-corrected chi connectivity index (χ2v) is 8.80. The maximum atomic E-state index is 13.1. The van der Waals surface area contributed by atoms with Gasteiger partial charge in [0.1, 0.15) is 27.1 Å². The van der Waals surface area contributed by atoms with Crippen molar-refractivity contribution in [2.75, 3.05) is 25.1 Å². The zero-order valence-corrected chi connectivity index (χ0v) is 19.9. The zero-order chi connectivity index (χ0) is 25.9. The monoisotopic (exact) mass is 508 g/mol. The standard InChI is InChI=1S/C24H20N4O7S/c1-34-16-10-6-14(7-11-16)25-27-21-18-4-3-5-19(36(31,32)33)20(18)22(24(30)23(21)29)28-26-15-8-12-17(35-2)13-9-15/h3-13,25-26H,1-2H3,(H,31,32,33). The van der Waals surface area contributed by atoms with Gasteiger partial charge < -0.3 is 9.47 Å². The van der Waals surface area contributed by atoms with Gasteiger partial charge >= 0.3 is 0 Å². The summed E-state index contributed by atoms with van der Waals surface area (Å²) in [5.74, 6) is 1.19. The number of anilines is 2. The molecule has 12 heteroatoms. The summed E-state index contributed by atoms with van der Waals surface area (Å²) >= 11 is 0. The quantitative estimate of drug-likeness (QED) is 0.191. The first-order valence-corrected chi connectivity index (χ1v) is 11.8. The molecule has 0 aliphatic rings. The molecule has 0 atom stereocenters. The van der Waals surface area contributed by atoms with Crippen molar-refractivity contribution in [1.29, 1.82) is 0 Å². The second kappa shape index (κ2) is 9.98. The zero-order valence-electron chi connectivity index (χ0n) is 19.1. The molecule has 0 aliphatic carbocycles. The van der Waals surface area contributed by atoms with Gasteiger partial charge in [0.05, 0.1) is 25.6 Å². The SMILES string of the molecule is COc1ccc(NN=c2c(=O)c(=O)c(=NNc3ccc(OC)cc3)c3c(S(=O)(=O)O)cccc23)cc1. The van der Waals surface area contributed by atoms with Crippen molar-refractivity contribution in [3.05, 3.63) is 97.9 Å². The summed E-state index contributed by atoms with van der Waals surface area (Å²) in [7, 11) is -1.77. The number of benzene rings is 4. The summed E-state index contributed by atoms with van der Waals surface area (Å²) in [6.07, 6.45) is 0. The van der Waals surface area contributed by atoms with Crippen LogP contribution in [0, 0.1) is 0 Å². The second-order valence-electron chi connectivity index (χ2n) is 7.41. The van der Waals surface area contributed by atoms with Crippen LogP contribution in [-0.2, 0) is 10.1 Å². The van der Waals surface area contributed by atoms with E-state index in [4.69, 9.17) is 9.47 Å². The summed E-state index contributed by atoms with van der Waals surface area (Å²) in [5.41, 5.74) is 4.13. The first-order chi connectivity index (χ1) is 17.2. The average Bonchev–Trinajstić information content (AvgIpc) is 2.88. The lowest BCUT2D eigenvalue weighted by molar-refractivity contribution is 0.415. The fourth-order valence-corrected chi connectivity index (χ4v) is 4.14. The largest absolute Gasteiger partial charge is 0.497 e. The third kappa shape index (κ3) is 4.94. The van der Waals surface area contributed by atoms with Crippen molar-refractivity contribution in [2.45, 2.75) is 4.90 Å². The average molecular weight is 509 g/mol. The first kappa shape index (κ1) is 24.6.